The number of aromatic carboxylic acids is 1. The highest BCUT2D eigenvalue weighted by molar-refractivity contribution is 7.89. The van der Waals surface area contributed by atoms with Crippen molar-refractivity contribution in [2.75, 3.05) is 14.1 Å². The zero-order chi connectivity index (χ0) is 12.5. The van der Waals surface area contributed by atoms with Crippen molar-refractivity contribution in [2.45, 2.75) is 4.90 Å². The SMILES string of the molecule is CN(C)S(=O)(=O)c1ccc(C(=O)O)c(F)c1. The van der Waals surface area contributed by atoms with Crippen LogP contribution in [0.5, 0.6) is 0 Å². The molecular weight excluding hydrogens is 237 g/mol. The number of benzene rings is 1. The molecule has 7 heteroatoms. The number of rotatable bonds is 3. The van der Waals surface area contributed by atoms with Gasteiger partial charge in [-0.2, -0.15) is 0 Å². The van der Waals surface area contributed by atoms with Crippen LogP contribution < -0.4 is 0 Å². The van der Waals surface area contributed by atoms with Crippen molar-refractivity contribution < 1.29 is 22.7 Å². The number of sulfonamides is 1. The summed E-state index contributed by atoms with van der Waals surface area (Å²) in [6.07, 6.45) is 0. The molecule has 0 aliphatic rings. The van der Waals surface area contributed by atoms with E-state index in [1.165, 1.54) is 14.1 Å². The Morgan fingerprint density at radius 2 is 1.94 bits per heavy atom. The summed E-state index contributed by atoms with van der Waals surface area (Å²) >= 11 is 0. The Hall–Kier alpha value is -1.47. The van der Waals surface area contributed by atoms with Crippen LogP contribution in [-0.2, 0) is 10.0 Å². The van der Waals surface area contributed by atoms with Crippen molar-refractivity contribution in [3.05, 3.63) is 29.6 Å². The fourth-order valence-corrected chi connectivity index (χ4v) is 1.95. The van der Waals surface area contributed by atoms with Crippen molar-refractivity contribution >= 4 is 16.0 Å². The first-order valence-corrected chi connectivity index (χ1v) is 5.66. The van der Waals surface area contributed by atoms with Crippen molar-refractivity contribution in [1.82, 2.24) is 4.31 Å². The molecule has 0 spiro atoms. The number of hydrogen-bond donors (Lipinski definition) is 1. The van der Waals surface area contributed by atoms with E-state index >= 15 is 0 Å². The molecule has 0 atom stereocenters. The van der Waals surface area contributed by atoms with E-state index < -0.39 is 27.4 Å². The molecule has 0 radical (unpaired) electrons. The highest BCUT2D eigenvalue weighted by Crippen LogP contribution is 2.17. The van der Waals surface area contributed by atoms with Crippen LogP contribution in [0.4, 0.5) is 4.39 Å². The van der Waals surface area contributed by atoms with E-state index in [1.54, 1.807) is 0 Å². The first-order valence-electron chi connectivity index (χ1n) is 4.22. The standard InChI is InChI=1S/C9H10FNO4S/c1-11(2)16(14,15)6-3-4-7(9(12)13)8(10)5-6/h3-5H,1-2H3,(H,12,13). The van der Waals surface area contributed by atoms with Gasteiger partial charge in [-0.25, -0.2) is 21.9 Å². The molecular formula is C9H10FNO4S. The third kappa shape index (κ3) is 2.20. The van der Waals surface area contributed by atoms with Crippen LogP contribution in [0.1, 0.15) is 10.4 Å². The third-order valence-corrected chi connectivity index (χ3v) is 3.76. The van der Waals surface area contributed by atoms with Crippen LogP contribution in [0.15, 0.2) is 23.1 Å². The second kappa shape index (κ2) is 4.18. The zero-order valence-electron chi connectivity index (χ0n) is 8.64. The molecule has 1 aromatic carbocycles. The number of carboxylic acid groups (broad SMARTS) is 1. The van der Waals surface area contributed by atoms with Gasteiger partial charge in [-0.15, -0.1) is 0 Å². The molecule has 88 valence electrons. The summed E-state index contributed by atoms with van der Waals surface area (Å²) in [6, 6.07) is 2.68. The number of nitrogens with zero attached hydrogens (tertiary/aromatic N) is 1. The van der Waals surface area contributed by atoms with Gasteiger partial charge < -0.3 is 5.11 Å². The van der Waals surface area contributed by atoms with E-state index in [0.29, 0.717) is 6.07 Å². The lowest BCUT2D eigenvalue weighted by Crippen LogP contribution is -2.22. The van der Waals surface area contributed by atoms with Gasteiger partial charge in [0.05, 0.1) is 10.5 Å². The summed E-state index contributed by atoms with van der Waals surface area (Å²) in [7, 11) is -1.13. The van der Waals surface area contributed by atoms with Gasteiger partial charge in [0, 0.05) is 14.1 Å². The molecule has 0 fully saturated rings. The normalized spacial score (nSPS) is 11.8. The van der Waals surface area contributed by atoms with Crippen molar-refractivity contribution in [2.24, 2.45) is 0 Å². The van der Waals surface area contributed by atoms with Gasteiger partial charge in [0.1, 0.15) is 5.82 Å². The number of halogens is 1. The maximum Gasteiger partial charge on any atom is 0.338 e. The van der Waals surface area contributed by atoms with Crippen LogP contribution in [0.3, 0.4) is 0 Å². The molecule has 0 saturated carbocycles. The molecule has 1 N–H and O–H groups in total. The van der Waals surface area contributed by atoms with Gasteiger partial charge in [-0.3, -0.25) is 0 Å². The molecule has 0 aliphatic carbocycles. The van der Waals surface area contributed by atoms with Crippen LogP contribution >= 0.6 is 0 Å². The van der Waals surface area contributed by atoms with Crippen LogP contribution in [0.2, 0.25) is 0 Å². The highest BCUT2D eigenvalue weighted by Gasteiger charge is 2.20. The number of hydrogen-bond acceptors (Lipinski definition) is 3. The predicted molar refractivity (Wildman–Crippen MR) is 54.2 cm³/mol. The van der Waals surface area contributed by atoms with E-state index in [-0.39, 0.29) is 4.90 Å². The number of carbonyl (C=O) groups is 1. The lowest BCUT2D eigenvalue weighted by molar-refractivity contribution is 0.0691. The summed E-state index contributed by atoms with van der Waals surface area (Å²) in [5, 5.41) is 8.57. The van der Waals surface area contributed by atoms with E-state index in [1.807, 2.05) is 0 Å². The first-order chi connectivity index (χ1) is 7.26. The molecule has 0 unspecified atom stereocenters. The predicted octanol–water partition coefficient (Wildman–Crippen LogP) is 0.774. The zero-order valence-corrected chi connectivity index (χ0v) is 9.45. The summed E-state index contributed by atoms with van der Waals surface area (Å²) in [6.45, 7) is 0. The Morgan fingerprint density at radius 3 is 2.31 bits per heavy atom. The smallest absolute Gasteiger partial charge is 0.338 e. The summed E-state index contributed by atoms with van der Waals surface area (Å²) in [4.78, 5) is 10.2. The van der Waals surface area contributed by atoms with Gasteiger partial charge in [-0.05, 0) is 18.2 Å². The average molecular weight is 247 g/mol. The molecule has 0 amide bonds. The van der Waals surface area contributed by atoms with Crippen LogP contribution in [0, 0.1) is 5.82 Å². The van der Waals surface area contributed by atoms with Crippen molar-refractivity contribution in [3.8, 4) is 0 Å². The fourth-order valence-electron chi connectivity index (χ4n) is 1.04. The Bertz CT molecular complexity index is 524. The average Bonchev–Trinajstić information content (AvgIpc) is 2.16. The Morgan fingerprint density at radius 1 is 1.38 bits per heavy atom. The minimum absolute atomic E-state index is 0.278. The largest absolute Gasteiger partial charge is 0.478 e. The molecule has 16 heavy (non-hydrogen) atoms. The molecule has 0 saturated heterocycles. The maximum absolute atomic E-state index is 13.2. The minimum Gasteiger partial charge on any atom is -0.478 e. The number of carboxylic acids is 1. The quantitative estimate of drug-likeness (QED) is 0.856. The topological polar surface area (TPSA) is 74.7 Å². The van der Waals surface area contributed by atoms with E-state index in [9.17, 15) is 17.6 Å². The van der Waals surface area contributed by atoms with Crippen LogP contribution in [-0.4, -0.2) is 37.9 Å². The van der Waals surface area contributed by atoms with Crippen molar-refractivity contribution in [3.63, 3.8) is 0 Å². The van der Waals surface area contributed by atoms with E-state index in [0.717, 1.165) is 16.4 Å². The molecule has 0 bridgehead atoms. The molecule has 0 aliphatic heterocycles. The van der Waals surface area contributed by atoms with E-state index in [4.69, 9.17) is 5.11 Å². The second-order valence-corrected chi connectivity index (χ2v) is 5.39. The Balaban J connectivity index is 3.32. The Kier molecular flexibility index (Phi) is 3.30. The monoisotopic (exact) mass is 247 g/mol. The molecule has 1 rings (SSSR count). The fraction of sp³-hybridized carbons (Fsp3) is 0.222. The molecule has 0 aromatic heterocycles. The summed E-state index contributed by atoms with van der Waals surface area (Å²) in [5.74, 6) is -2.51. The van der Waals surface area contributed by atoms with Crippen LogP contribution in [0.25, 0.3) is 0 Å². The van der Waals surface area contributed by atoms with E-state index in [2.05, 4.69) is 0 Å². The third-order valence-electron chi connectivity index (χ3n) is 1.95. The second-order valence-electron chi connectivity index (χ2n) is 3.23. The van der Waals surface area contributed by atoms with Gasteiger partial charge in [0.15, 0.2) is 0 Å². The first kappa shape index (κ1) is 12.6. The molecule has 5 nitrogen and oxygen atoms in total. The lowest BCUT2D eigenvalue weighted by Gasteiger charge is -2.11. The molecule has 1 aromatic rings. The van der Waals surface area contributed by atoms with Gasteiger partial charge in [0.25, 0.3) is 0 Å². The van der Waals surface area contributed by atoms with Gasteiger partial charge in [0.2, 0.25) is 10.0 Å². The van der Waals surface area contributed by atoms with Gasteiger partial charge in [-0.1, -0.05) is 0 Å². The summed E-state index contributed by atoms with van der Waals surface area (Å²) in [5.41, 5.74) is -0.558. The lowest BCUT2D eigenvalue weighted by atomic mass is 10.2. The van der Waals surface area contributed by atoms with Crippen molar-refractivity contribution in [1.29, 1.82) is 0 Å². The van der Waals surface area contributed by atoms with Gasteiger partial charge >= 0.3 is 5.97 Å². The highest BCUT2D eigenvalue weighted by atomic mass is 32.2. The maximum atomic E-state index is 13.2. The minimum atomic E-state index is -3.74. The molecule has 0 heterocycles. The Labute approximate surface area is 92.2 Å². The summed E-state index contributed by atoms with van der Waals surface area (Å²) < 4.78 is 37.3.